The first kappa shape index (κ1) is 16.3. The van der Waals surface area contributed by atoms with E-state index in [9.17, 15) is 0 Å². The topological polar surface area (TPSA) is 30.5 Å². The second-order valence-electron chi connectivity index (χ2n) is 6.15. The number of benzene rings is 1. The summed E-state index contributed by atoms with van der Waals surface area (Å²) in [5.74, 6) is 1.62. The van der Waals surface area contributed by atoms with Gasteiger partial charge in [-0.1, -0.05) is 19.1 Å². The number of hydrogen-bond donors (Lipinski definition) is 1. The molecule has 1 heterocycles. The number of hydrogen-bond acceptors (Lipinski definition) is 3. The fraction of sp³-hybridized carbons (Fsp3) is 0.667. The molecule has 1 N–H and O–H groups in total. The van der Waals surface area contributed by atoms with Gasteiger partial charge < -0.3 is 14.8 Å². The van der Waals surface area contributed by atoms with Gasteiger partial charge in [-0.15, -0.1) is 0 Å². The van der Waals surface area contributed by atoms with Crippen LogP contribution in [0.4, 0.5) is 0 Å². The van der Waals surface area contributed by atoms with Crippen LogP contribution in [0.1, 0.15) is 36.5 Å². The smallest absolute Gasteiger partial charge is 0.125 e. The summed E-state index contributed by atoms with van der Waals surface area (Å²) in [5.41, 5.74) is 3.76. The molecule has 2 rings (SSSR count). The van der Waals surface area contributed by atoms with Crippen molar-refractivity contribution in [2.24, 2.45) is 5.92 Å². The lowest BCUT2D eigenvalue weighted by Crippen LogP contribution is -2.41. The van der Waals surface area contributed by atoms with Crippen molar-refractivity contribution in [2.45, 2.75) is 46.6 Å². The highest BCUT2D eigenvalue weighted by Gasteiger charge is 2.26. The highest BCUT2D eigenvalue weighted by Crippen LogP contribution is 2.26. The van der Waals surface area contributed by atoms with Crippen molar-refractivity contribution < 1.29 is 9.47 Å². The molecule has 0 radical (unpaired) electrons. The molecule has 0 bridgehead atoms. The van der Waals surface area contributed by atoms with Gasteiger partial charge in [0, 0.05) is 18.6 Å². The van der Waals surface area contributed by atoms with E-state index in [-0.39, 0.29) is 0 Å². The van der Waals surface area contributed by atoms with Crippen LogP contribution in [-0.2, 0) is 4.74 Å². The third kappa shape index (κ3) is 4.21. The average Bonchev–Trinajstić information content (AvgIpc) is 3.00. The number of nitrogens with one attached hydrogen (secondary N) is 1. The average molecular weight is 291 g/mol. The van der Waals surface area contributed by atoms with Crippen molar-refractivity contribution in [3.05, 3.63) is 28.8 Å². The number of aryl methyl sites for hydroxylation is 2. The Bertz CT molecular complexity index is 453. The van der Waals surface area contributed by atoms with E-state index in [0.717, 1.165) is 45.0 Å². The van der Waals surface area contributed by atoms with E-state index in [2.05, 4.69) is 45.1 Å². The van der Waals surface area contributed by atoms with Crippen molar-refractivity contribution in [2.75, 3.05) is 26.4 Å². The van der Waals surface area contributed by atoms with E-state index in [1.807, 2.05) is 0 Å². The quantitative estimate of drug-likeness (QED) is 0.835. The minimum Gasteiger partial charge on any atom is -0.491 e. The van der Waals surface area contributed by atoms with Crippen LogP contribution in [-0.4, -0.2) is 32.4 Å². The van der Waals surface area contributed by atoms with E-state index in [1.165, 1.54) is 16.7 Å². The molecule has 0 aliphatic carbocycles. The Balaban J connectivity index is 2.02. The van der Waals surface area contributed by atoms with Crippen LogP contribution in [0.5, 0.6) is 5.75 Å². The molecule has 1 aromatic carbocycles. The minimum atomic E-state index is 0.381. The Hall–Kier alpha value is -1.06. The Labute approximate surface area is 129 Å². The molecule has 1 aliphatic rings. The zero-order valence-corrected chi connectivity index (χ0v) is 13.9. The first-order valence-electron chi connectivity index (χ1n) is 8.14. The van der Waals surface area contributed by atoms with Gasteiger partial charge in [0.15, 0.2) is 0 Å². The molecule has 2 unspecified atom stereocenters. The summed E-state index contributed by atoms with van der Waals surface area (Å²) in [6.45, 7) is 12.1. The van der Waals surface area contributed by atoms with Gasteiger partial charge in [-0.3, -0.25) is 0 Å². The lowest BCUT2D eigenvalue weighted by Gasteiger charge is -2.25. The van der Waals surface area contributed by atoms with Crippen LogP contribution in [0.25, 0.3) is 0 Å². The number of ether oxygens (including phenoxy) is 2. The summed E-state index contributed by atoms with van der Waals surface area (Å²) in [6, 6.07) is 4.69. The molecular formula is C18H29NO2. The van der Waals surface area contributed by atoms with Crippen molar-refractivity contribution in [3.8, 4) is 5.75 Å². The first-order valence-corrected chi connectivity index (χ1v) is 8.14. The van der Waals surface area contributed by atoms with E-state index < -0.39 is 0 Å². The molecule has 3 nitrogen and oxygen atoms in total. The van der Waals surface area contributed by atoms with E-state index >= 15 is 0 Å². The Morgan fingerprint density at radius 1 is 1.29 bits per heavy atom. The van der Waals surface area contributed by atoms with Crippen molar-refractivity contribution in [1.29, 1.82) is 0 Å². The molecule has 1 fully saturated rings. The van der Waals surface area contributed by atoms with Crippen LogP contribution in [0, 0.1) is 26.7 Å². The van der Waals surface area contributed by atoms with Crippen LogP contribution < -0.4 is 10.1 Å². The summed E-state index contributed by atoms with van der Waals surface area (Å²) >= 11 is 0. The van der Waals surface area contributed by atoms with Gasteiger partial charge in [-0.05, 0) is 56.8 Å². The molecule has 0 saturated carbocycles. The Morgan fingerprint density at radius 3 is 2.71 bits per heavy atom. The molecule has 0 aromatic heterocycles. The zero-order valence-electron chi connectivity index (χ0n) is 13.9. The van der Waals surface area contributed by atoms with Crippen molar-refractivity contribution in [3.63, 3.8) is 0 Å². The monoisotopic (exact) mass is 291 g/mol. The van der Waals surface area contributed by atoms with Crippen LogP contribution in [0.2, 0.25) is 0 Å². The van der Waals surface area contributed by atoms with Gasteiger partial charge in [0.05, 0.1) is 6.61 Å². The van der Waals surface area contributed by atoms with Crippen LogP contribution >= 0.6 is 0 Å². The third-order valence-corrected chi connectivity index (χ3v) is 4.47. The van der Waals surface area contributed by atoms with Gasteiger partial charge in [-0.25, -0.2) is 0 Å². The standard InChI is InChI=1S/C18H29NO2/c1-5-9-19-17(16-8-10-20-11-16)12-21-18-14(3)7-6-13(2)15(18)4/h6-7,16-17,19H,5,8-12H2,1-4H3. The molecule has 1 aliphatic heterocycles. The lowest BCUT2D eigenvalue weighted by atomic mass is 9.99. The van der Waals surface area contributed by atoms with Crippen molar-refractivity contribution >= 4 is 0 Å². The van der Waals surface area contributed by atoms with Gasteiger partial charge in [0.1, 0.15) is 12.4 Å². The molecule has 118 valence electrons. The Kier molecular flexibility index (Phi) is 6.07. The zero-order chi connectivity index (χ0) is 15.2. The van der Waals surface area contributed by atoms with Crippen LogP contribution in [0.15, 0.2) is 12.1 Å². The Morgan fingerprint density at radius 2 is 2.05 bits per heavy atom. The molecule has 2 atom stereocenters. The normalized spacial score (nSPS) is 19.7. The van der Waals surface area contributed by atoms with E-state index in [1.54, 1.807) is 0 Å². The summed E-state index contributed by atoms with van der Waals surface area (Å²) < 4.78 is 11.7. The molecule has 3 heteroatoms. The predicted octanol–water partition coefficient (Wildman–Crippen LogP) is 3.40. The maximum atomic E-state index is 6.20. The van der Waals surface area contributed by atoms with E-state index in [0.29, 0.717) is 12.0 Å². The predicted molar refractivity (Wildman–Crippen MR) is 87.2 cm³/mol. The molecular weight excluding hydrogens is 262 g/mol. The van der Waals surface area contributed by atoms with Crippen molar-refractivity contribution in [1.82, 2.24) is 5.32 Å². The SMILES string of the molecule is CCCNC(COc1c(C)ccc(C)c1C)C1CCOC1. The van der Waals surface area contributed by atoms with Gasteiger partial charge >= 0.3 is 0 Å². The fourth-order valence-corrected chi connectivity index (χ4v) is 2.88. The summed E-state index contributed by atoms with van der Waals surface area (Å²) in [5, 5.41) is 3.63. The second-order valence-corrected chi connectivity index (χ2v) is 6.15. The molecule has 0 spiro atoms. The van der Waals surface area contributed by atoms with Gasteiger partial charge in [-0.2, -0.15) is 0 Å². The lowest BCUT2D eigenvalue weighted by molar-refractivity contribution is 0.160. The number of rotatable bonds is 7. The molecule has 1 aromatic rings. The summed E-state index contributed by atoms with van der Waals surface area (Å²) in [4.78, 5) is 0. The highest BCUT2D eigenvalue weighted by molar-refractivity contribution is 5.44. The minimum absolute atomic E-state index is 0.381. The van der Waals surface area contributed by atoms with Gasteiger partial charge in [0.25, 0.3) is 0 Å². The molecule has 1 saturated heterocycles. The summed E-state index contributed by atoms with van der Waals surface area (Å²) in [7, 11) is 0. The van der Waals surface area contributed by atoms with Crippen LogP contribution in [0.3, 0.4) is 0 Å². The molecule has 0 amide bonds. The highest BCUT2D eigenvalue weighted by atomic mass is 16.5. The second kappa shape index (κ2) is 7.81. The first-order chi connectivity index (χ1) is 10.1. The summed E-state index contributed by atoms with van der Waals surface area (Å²) in [6.07, 6.45) is 2.28. The third-order valence-electron chi connectivity index (χ3n) is 4.47. The fourth-order valence-electron chi connectivity index (χ4n) is 2.88. The maximum Gasteiger partial charge on any atom is 0.125 e. The molecule has 21 heavy (non-hydrogen) atoms. The largest absolute Gasteiger partial charge is 0.491 e. The van der Waals surface area contributed by atoms with Gasteiger partial charge in [0.2, 0.25) is 0 Å². The maximum absolute atomic E-state index is 6.20. The van der Waals surface area contributed by atoms with E-state index in [4.69, 9.17) is 9.47 Å².